The number of rotatable bonds is 3. The highest BCUT2D eigenvalue weighted by Gasteiger charge is 2.42. The van der Waals surface area contributed by atoms with E-state index in [-0.39, 0.29) is 5.92 Å². The highest BCUT2D eigenvalue weighted by molar-refractivity contribution is 5.73. The molecule has 0 heterocycles. The van der Waals surface area contributed by atoms with Crippen molar-refractivity contribution in [2.75, 3.05) is 0 Å². The van der Waals surface area contributed by atoms with Crippen molar-refractivity contribution in [3.05, 3.63) is 35.9 Å². The van der Waals surface area contributed by atoms with E-state index in [2.05, 4.69) is 12.1 Å². The molecule has 1 aromatic rings. The largest absolute Gasteiger partial charge is 0.481 e. The summed E-state index contributed by atoms with van der Waals surface area (Å²) in [4.78, 5) is 10.6. The number of aliphatic carboxylic acids is 1. The van der Waals surface area contributed by atoms with Gasteiger partial charge in [0.1, 0.15) is 0 Å². The predicted molar refractivity (Wildman–Crippen MR) is 49.4 cm³/mol. The minimum absolute atomic E-state index is 0.0831. The molecule has 2 heteroatoms. The lowest BCUT2D eigenvalue weighted by Crippen LogP contribution is -2.00. The van der Waals surface area contributed by atoms with Gasteiger partial charge in [-0.3, -0.25) is 4.79 Å². The second-order valence-electron chi connectivity index (χ2n) is 3.63. The Hall–Kier alpha value is -1.31. The van der Waals surface area contributed by atoms with Crippen molar-refractivity contribution in [1.29, 1.82) is 0 Å². The lowest BCUT2D eigenvalue weighted by molar-refractivity contribution is -0.138. The van der Waals surface area contributed by atoms with E-state index < -0.39 is 5.97 Å². The summed E-state index contributed by atoms with van der Waals surface area (Å²) in [6, 6.07) is 10.1. The third-order valence-electron chi connectivity index (χ3n) is 2.58. The lowest BCUT2D eigenvalue weighted by atomic mass is 10.1. The number of carboxylic acid groups (broad SMARTS) is 1. The molecule has 0 aromatic heterocycles. The molecular weight excluding hydrogens is 164 g/mol. The monoisotopic (exact) mass is 176 g/mol. The maximum atomic E-state index is 10.6. The number of benzene rings is 1. The van der Waals surface area contributed by atoms with Crippen molar-refractivity contribution in [1.82, 2.24) is 0 Å². The Balaban J connectivity index is 1.92. The molecule has 13 heavy (non-hydrogen) atoms. The van der Waals surface area contributed by atoms with E-state index in [1.807, 2.05) is 18.2 Å². The van der Waals surface area contributed by atoms with Crippen molar-refractivity contribution < 1.29 is 9.90 Å². The zero-order valence-electron chi connectivity index (χ0n) is 7.31. The van der Waals surface area contributed by atoms with Gasteiger partial charge in [0.25, 0.3) is 0 Å². The Morgan fingerprint density at radius 2 is 2.08 bits per heavy atom. The van der Waals surface area contributed by atoms with Crippen molar-refractivity contribution in [2.45, 2.75) is 12.8 Å². The van der Waals surface area contributed by atoms with Crippen LogP contribution < -0.4 is 0 Å². The fourth-order valence-corrected chi connectivity index (χ4v) is 1.69. The van der Waals surface area contributed by atoms with Crippen LogP contribution in [0.1, 0.15) is 12.0 Å². The van der Waals surface area contributed by atoms with E-state index in [1.165, 1.54) is 5.56 Å². The van der Waals surface area contributed by atoms with Gasteiger partial charge < -0.3 is 5.11 Å². The molecule has 0 radical (unpaired) electrons. The molecule has 1 saturated carbocycles. The Morgan fingerprint density at radius 1 is 1.38 bits per heavy atom. The number of carbonyl (C=O) groups is 1. The summed E-state index contributed by atoms with van der Waals surface area (Å²) >= 11 is 0. The van der Waals surface area contributed by atoms with E-state index in [0.29, 0.717) is 5.92 Å². The molecule has 0 amide bonds. The van der Waals surface area contributed by atoms with E-state index >= 15 is 0 Å². The third kappa shape index (κ3) is 1.89. The molecule has 0 aliphatic heterocycles. The molecule has 68 valence electrons. The normalized spacial score (nSPS) is 25.5. The van der Waals surface area contributed by atoms with Crippen molar-refractivity contribution in [2.24, 2.45) is 11.8 Å². The maximum Gasteiger partial charge on any atom is 0.306 e. The summed E-state index contributed by atoms with van der Waals surface area (Å²) in [6.45, 7) is 0. The first kappa shape index (κ1) is 8.30. The Kier molecular flexibility index (Phi) is 2.05. The first-order chi connectivity index (χ1) is 6.27. The molecular formula is C11H12O2. The quantitative estimate of drug-likeness (QED) is 0.764. The van der Waals surface area contributed by atoms with E-state index in [0.717, 1.165) is 12.8 Å². The van der Waals surface area contributed by atoms with Crippen LogP contribution in [0, 0.1) is 11.8 Å². The van der Waals surface area contributed by atoms with Gasteiger partial charge in [0.15, 0.2) is 0 Å². The zero-order chi connectivity index (χ0) is 9.26. The molecule has 0 spiro atoms. The van der Waals surface area contributed by atoms with Crippen molar-refractivity contribution in [3.63, 3.8) is 0 Å². The minimum Gasteiger partial charge on any atom is -0.481 e. The van der Waals surface area contributed by atoms with Gasteiger partial charge in [-0.1, -0.05) is 30.3 Å². The smallest absolute Gasteiger partial charge is 0.306 e. The summed E-state index contributed by atoms with van der Waals surface area (Å²) in [6.07, 6.45) is 1.77. The molecule has 1 aliphatic carbocycles. The second-order valence-corrected chi connectivity index (χ2v) is 3.63. The third-order valence-corrected chi connectivity index (χ3v) is 2.58. The maximum absolute atomic E-state index is 10.6. The van der Waals surface area contributed by atoms with Crippen LogP contribution in [0.4, 0.5) is 0 Å². The Bertz CT molecular complexity index is 305. The molecule has 1 aromatic carbocycles. The average molecular weight is 176 g/mol. The SMILES string of the molecule is O=C(O)[C@@H]1C[C@H]1Cc1ccccc1. The van der Waals surface area contributed by atoms with Gasteiger partial charge >= 0.3 is 5.97 Å². The van der Waals surface area contributed by atoms with Crippen LogP contribution in [0.25, 0.3) is 0 Å². The summed E-state index contributed by atoms with van der Waals surface area (Å²) in [5.41, 5.74) is 1.25. The zero-order valence-corrected chi connectivity index (χ0v) is 7.31. The highest BCUT2D eigenvalue weighted by Crippen LogP contribution is 2.40. The van der Waals surface area contributed by atoms with Gasteiger partial charge in [0, 0.05) is 0 Å². The van der Waals surface area contributed by atoms with Crippen LogP contribution >= 0.6 is 0 Å². The summed E-state index contributed by atoms with van der Waals surface area (Å²) in [5.74, 6) is -0.346. The lowest BCUT2D eigenvalue weighted by Gasteiger charge is -1.97. The van der Waals surface area contributed by atoms with Gasteiger partial charge in [0.05, 0.1) is 5.92 Å². The van der Waals surface area contributed by atoms with Crippen LogP contribution in [0.15, 0.2) is 30.3 Å². The van der Waals surface area contributed by atoms with Crippen molar-refractivity contribution >= 4 is 5.97 Å². The van der Waals surface area contributed by atoms with Crippen LogP contribution in [-0.2, 0) is 11.2 Å². The molecule has 1 aliphatic rings. The molecule has 0 unspecified atom stereocenters. The topological polar surface area (TPSA) is 37.3 Å². The molecule has 2 nitrogen and oxygen atoms in total. The van der Waals surface area contributed by atoms with Crippen LogP contribution in [-0.4, -0.2) is 11.1 Å². The number of hydrogen-bond acceptors (Lipinski definition) is 1. The van der Waals surface area contributed by atoms with Gasteiger partial charge in [0.2, 0.25) is 0 Å². The first-order valence-corrected chi connectivity index (χ1v) is 4.54. The fourth-order valence-electron chi connectivity index (χ4n) is 1.69. The Labute approximate surface area is 77.2 Å². The van der Waals surface area contributed by atoms with E-state index in [1.54, 1.807) is 0 Å². The Morgan fingerprint density at radius 3 is 2.62 bits per heavy atom. The minimum atomic E-state index is -0.638. The van der Waals surface area contributed by atoms with Gasteiger partial charge in [-0.05, 0) is 24.3 Å². The second kappa shape index (κ2) is 3.21. The molecule has 1 N–H and O–H groups in total. The fraction of sp³-hybridized carbons (Fsp3) is 0.364. The van der Waals surface area contributed by atoms with Crippen LogP contribution in [0.3, 0.4) is 0 Å². The molecule has 0 saturated heterocycles. The standard InChI is InChI=1S/C11H12O2/c12-11(13)10-7-9(10)6-8-4-2-1-3-5-8/h1-5,9-10H,6-7H2,(H,12,13)/t9-,10-/m1/s1. The molecule has 2 rings (SSSR count). The van der Waals surface area contributed by atoms with Gasteiger partial charge in [-0.15, -0.1) is 0 Å². The van der Waals surface area contributed by atoms with E-state index in [4.69, 9.17) is 5.11 Å². The first-order valence-electron chi connectivity index (χ1n) is 4.54. The van der Waals surface area contributed by atoms with Crippen molar-refractivity contribution in [3.8, 4) is 0 Å². The summed E-state index contributed by atoms with van der Waals surface area (Å²) < 4.78 is 0. The molecule has 1 fully saturated rings. The van der Waals surface area contributed by atoms with Crippen LogP contribution in [0.2, 0.25) is 0 Å². The number of carboxylic acids is 1. The molecule has 0 bridgehead atoms. The number of hydrogen-bond donors (Lipinski definition) is 1. The van der Waals surface area contributed by atoms with Gasteiger partial charge in [-0.25, -0.2) is 0 Å². The summed E-state index contributed by atoms with van der Waals surface area (Å²) in [7, 11) is 0. The van der Waals surface area contributed by atoms with Crippen LogP contribution in [0.5, 0.6) is 0 Å². The summed E-state index contributed by atoms with van der Waals surface area (Å²) in [5, 5.41) is 8.70. The van der Waals surface area contributed by atoms with E-state index in [9.17, 15) is 4.79 Å². The molecule has 2 atom stereocenters. The predicted octanol–water partition coefficient (Wildman–Crippen LogP) is 1.95. The highest BCUT2D eigenvalue weighted by atomic mass is 16.4. The average Bonchev–Trinajstić information content (AvgIpc) is 2.86. The van der Waals surface area contributed by atoms with Gasteiger partial charge in [-0.2, -0.15) is 0 Å².